The molecular formula is C13H13F3N2O3. The minimum absolute atomic E-state index is 0.123. The van der Waals surface area contributed by atoms with E-state index in [-0.39, 0.29) is 25.2 Å². The third kappa shape index (κ3) is 3.52. The summed E-state index contributed by atoms with van der Waals surface area (Å²) in [5.41, 5.74) is -0.266. The number of carbonyl (C=O) groups is 2. The summed E-state index contributed by atoms with van der Waals surface area (Å²) in [4.78, 5) is 25.7. The summed E-state index contributed by atoms with van der Waals surface area (Å²) < 4.78 is 39.1. The first kappa shape index (κ1) is 15.3. The van der Waals surface area contributed by atoms with Crippen molar-refractivity contribution in [3.8, 4) is 0 Å². The highest BCUT2D eigenvalue weighted by molar-refractivity contribution is 5.94. The van der Waals surface area contributed by atoms with Gasteiger partial charge in [0.2, 0.25) is 0 Å². The van der Waals surface area contributed by atoms with Crippen LogP contribution in [0.4, 0.5) is 13.2 Å². The normalized spacial score (nSPS) is 16.0. The van der Waals surface area contributed by atoms with E-state index in [1.807, 2.05) is 0 Å². The monoisotopic (exact) mass is 302 g/mol. The van der Waals surface area contributed by atoms with E-state index in [9.17, 15) is 22.8 Å². The van der Waals surface area contributed by atoms with Gasteiger partial charge in [-0.05, 0) is 12.1 Å². The van der Waals surface area contributed by atoms with Gasteiger partial charge in [-0.15, -0.1) is 0 Å². The zero-order valence-corrected chi connectivity index (χ0v) is 11.0. The summed E-state index contributed by atoms with van der Waals surface area (Å²) >= 11 is 0. The maximum Gasteiger partial charge on any atom is 0.317 e. The van der Waals surface area contributed by atoms with Crippen molar-refractivity contribution < 1.29 is 27.9 Å². The van der Waals surface area contributed by atoms with Crippen LogP contribution in [-0.2, 0) is 4.79 Å². The van der Waals surface area contributed by atoms with Crippen molar-refractivity contribution in [2.45, 2.75) is 0 Å². The molecule has 1 aliphatic heterocycles. The van der Waals surface area contributed by atoms with Crippen molar-refractivity contribution in [1.29, 1.82) is 0 Å². The molecule has 8 heteroatoms. The Morgan fingerprint density at radius 1 is 1.05 bits per heavy atom. The van der Waals surface area contributed by atoms with Crippen molar-refractivity contribution in [2.75, 3.05) is 32.7 Å². The summed E-state index contributed by atoms with van der Waals surface area (Å²) in [6.07, 6.45) is 0. The molecule has 114 valence electrons. The fourth-order valence-corrected chi connectivity index (χ4v) is 2.16. The molecular weight excluding hydrogens is 289 g/mol. The lowest BCUT2D eigenvalue weighted by molar-refractivity contribution is -0.138. The minimum Gasteiger partial charge on any atom is -0.480 e. The Morgan fingerprint density at radius 2 is 1.57 bits per heavy atom. The number of halogens is 3. The predicted octanol–water partition coefficient (Wildman–Crippen LogP) is 0.946. The lowest BCUT2D eigenvalue weighted by atomic mass is 10.1. The number of nitrogens with zero attached hydrogens (tertiary/aromatic N) is 2. The van der Waals surface area contributed by atoms with E-state index in [2.05, 4.69) is 0 Å². The van der Waals surface area contributed by atoms with Crippen LogP contribution in [0, 0.1) is 17.5 Å². The Morgan fingerprint density at radius 3 is 2.05 bits per heavy atom. The van der Waals surface area contributed by atoms with Crippen LogP contribution in [0.1, 0.15) is 10.4 Å². The van der Waals surface area contributed by atoms with E-state index in [1.54, 1.807) is 4.90 Å². The van der Waals surface area contributed by atoms with Gasteiger partial charge in [0, 0.05) is 31.7 Å². The Bertz CT molecular complexity index is 549. The fourth-order valence-electron chi connectivity index (χ4n) is 2.16. The molecule has 0 atom stereocenters. The van der Waals surface area contributed by atoms with Gasteiger partial charge >= 0.3 is 5.97 Å². The highest BCUT2D eigenvalue weighted by Gasteiger charge is 2.24. The fraction of sp³-hybridized carbons (Fsp3) is 0.385. The quantitative estimate of drug-likeness (QED) is 0.845. The SMILES string of the molecule is O=C(O)CN1CCN(C(=O)c2cc(F)c(F)c(F)c2)CC1. The average molecular weight is 302 g/mol. The molecule has 1 aromatic carbocycles. The van der Waals surface area contributed by atoms with Gasteiger partial charge in [0.15, 0.2) is 17.5 Å². The molecule has 0 aromatic heterocycles. The second-order valence-electron chi connectivity index (χ2n) is 4.72. The minimum atomic E-state index is -1.61. The van der Waals surface area contributed by atoms with E-state index in [4.69, 9.17) is 5.11 Å². The Hall–Kier alpha value is -2.09. The van der Waals surface area contributed by atoms with E-state index >= 15 is 0 Å². The summed E-state index contributed by atoms with van der Waals surface area (Å²) in [5, 5.41) is 8.66. The number of carbonyl (C=O) groups excluding carboxylic acids is 1. The van der Waals surface area contributed by atoms with Crippen LogP contribution in [0.5, 0.6) is 0 Å². The molecule has 1 heterocycles. The third-order valence-corrected chi connectivity index (χ3v) is 3.25. The maximum atomic E-state index is 13.1. The van der Waals surface area contributed by atoms with Gasteiger partial charge in [-0.2, -0.15) is 0 Å². The van der Waals surface area contributed by atoms with Gasteiger partial charge in [-0.25, -0.2) is 13.2 Å². The molecule has 2 rings (SSSR count). The number of hydrogen-bond acceptors (Lipinski definition) is 3. The molecule has 21 heavy (non-hydrogen) atoms. The standard InChI is InChI=1S/C13H13F3N2O3/c14-9-5-8(6-10(15)12(9)16)13(21)18-3-1-17(2-4-18)7-11(19)20/h5-6H,1-4,7H2,(H,19,20). The summed E-state index contributed by atoms with van der Waals surface area (Å²) in [6.45, 7) is 1.07. The van der Waals surface area contributed by atoms with Gasteiger partial charge in [-0.1, -0.05) is 0 Å². The van der Waals surface area contributed by atoms with E-state index in [0.717, 1.165) is 0 Å². The average Bonchev–Trinajstić information content (AvgIpc) is 2.43. The highest BCUT2D eigenvalue weighted by Crippen LogP contribution is 2.16. The second-order valence-corrected chi connectivity index (χ2v) is 4.72. The first-order chi connectivity index (χ1) is 9.88. The number of aliphatic carboxylic acids is 1. The number of piperazine rings is 1. The highest BCUT2D eigenvalue weighted by atomic mass is 19.2. The van der Waals surface area contributed by atoms with Gasteiger partial charge in [0.05, 0.1) is 6.54 Å². The molecule has 0 bridgehead atoms. The number of benzene rings is 1. The second kappa shape index (κ2) is 6.13. The van der Waals surface area contributed by atoms with E-state index in [0.29, 0.717) is 25.2 Å². The van der Waals surface area contributed by atoms with Crippen LogP contribution < -0.4 is 0 Å². The molecule has 1 aromatic rings. The topological polar surface area (TPSA) is 60.9 Å². The van der Waals surface area contributed by atoms with Crippen LogP contribution in [0.2, 0.25) is 0 Å². The Labute approximate surface area is 118 Å². The van der Waals surface area contributed by atoms with Crippen molar-refractivity contribution >= 4 is 11.9 Å². The number of carboxylic acids is 1. The van der Waals surface area contributed by atoms with Crippen molar-refractivity contribution in [3.63, 3.8) is 0 Å². The zero-order chi connectivity index (χ0) is 15.6. The van der Waals surface area contributed by atoms with Crippen LogP contribution in [0.15, 0.2) is 12.1 Å². The smallest absolute Gasteiger partial charge is 0.317 e. The molecule has 1 fully saturated rings. The molecule has 1 saturated heterocycles. The maximum absolute atomic E-state index is 13.1. The van der Waals surface area contributed by atoms with Crippen molar-refractivity contribution in [1.82, 2.24) is 9.80 Å². The summed E-state index contributed by atoms with van der Waals surface area (Å²) in [5.74, 6) is -6.01. The molecule has 0 unspecified atom stereocenters. The Balaban J connectivity index is 2.04. The number of amides is 1. The molecule has 0 spiro atoms. The number of hydrogen-bond donors (Lipinski definition) is 1. The number of carboxylic acid groups (broad SMARTS) is 1. The predicted molar refractivity (Wildman–Crippen MR) is 66.3 cm³/mol. The number of rotatable bonds is 3. The van der Waals surface area contributed by atoms with Crippen molar-refractivity contribution in [2.24, 2.45) is 0 Å². The first-order valence-electron chi connectivity index (χ1n) is 6.26. The third-order valence-electron chi connectivity index (χ3n) is 3.25. The van der Waals surface area contributed by atoms with Crippen LogP contribution >= 0.6 is 0 Å². The summed E-state index contributed by atoms with van der Waals surface area (Å²) in [7, 11) is 0. The van der Waals surface area contributed by atoms with Crippen LogP contribution in [-0.4, -0.2) is 59.5 Å². The van der Waals surface area contributed by atoms with Crippen molar-refractivity contribution in [3.05, 3.63) is 35.1 Å². The van der Waals surface area contributed by atoms with Gasteiger partial charge in [0.1, 0.15) is 0 Å². The van der Waals surface area contributed by atoms with Gasteiger partial charge in [0.25, 0.3) is 5.91 Å². The molecule has 5 nitrogen and oxygen atoms in total. The molecule has 0 aliphatic carbocycles. The molecule has 0 saturated carbocycles. The molecule has 1 amide bonds. The van der Waals surface area contributed by atoms with Gasteiger partial charge in [-0.3, -0.25) is 14.5 Å². The lowest BCUT2D eigenvalue weighted by Gasteiger charge is -2.33. The van der Waals surface area contributed by atoms with E-state index in [1.165, 1.54) is 4.90 Å². The molecule has 0 radical (unpaired) electrons. The van der Waals surface area contributed by atoms with Crippen LogP contribution in [0.3, 0.4) is 0 Å². The summed E-state index contributed by atoms with van der Waals surface area (Å²) in [6, 6.07) is 1.31. The zero-order valence-electron chi connectivity index (χ0n) is 11.0. The lowest BCUT2D eigenvalue weighted by Crippen LogP contribution is -2.49. The Kier molecular flexibility index (Phi) is 4.46. The largest absolute Gasteiger partial charge is 0.480 e. The van der Waals surface area contributed by atoms with E-state index < -0.39 is 29.3 Å². The van der Waals surface area contributed by atoms with Gasteiger partial charge < -0.3 is 10.0 Å². The molecule has 1 N–H and O–H groups in total. The first-order valence-corrected chi connectivity index (χ1v) is 6.26. The molecule has 1 aliphatic rings. The van der Waals surface area contributed by atoms with Crippen LogP contribution in [0.25, 0.3) is 0 Å².